The number of aromatic hydroxyl groups is 1. The van der Waals surface area contributed by atoms with Gasteiger partial charge in [-0.05, 0) is 76.8 Å². The summed E-state index contributed by atoms with van der Waals surface area (Å²) in [6.07, 6.45) is 1.80. The highest BCUT2D eigenvalue weighted by molar-refractivity contribution is 5.42. The largest absolute Gasteiger partial charge is 0.504 e. The summed E-state index contributed by atoms with van der Waals surface area (Å²) in [5, 5.41) is 10.1. The molecule has 27 heavy (non-hydrogen) atoms. The van der Waals surface area contributed by atoms with Crippen LogP contribution in [-0.2, 0) is 19.5 Å². The zero-order valence-corrected chi connectivity index (χ0v) is 17.0. The number of phenols is 1. The highest BCUT2D eigenvalue weighted by Crippen LogP contribution is 2.35. The number of fused-ring (bicyclic) bond motifs is 1. The Labute approximate surface area is 161 Å². The highest BCUT2D eigenvalue weighted by atomic mass is 19.1. The van der Waals surface area contributed by atoms with Gasteiger partial charge in [-0.3, -0.25) is 4.90 Å². The van der Waals surface area contributed by atoms with E-state index in [-0.39, 0.29) is 22.7 Å². The molecule has 4 heteroatoms. The molecule has 1 aliphatic rings. The van der Waals surface area contributed by atoms with E-state index in [4.69, 9.17) is 4.74 Å². The van der Waals surface area contributed by atoms with Crippen LogP contribution in [0.4, 0.5) is 4.39 Å². The maximum absolute atomic E-state index is 14.1. The standard InChI is InChI=1S/C23H30FNO2/c1-22(2,3)27-21-13-16(9-10-20(21)26)11-12-23(4,5)25-14-17-7-6-8-19(24)18(17)15-25/h6-10,13,26H,11-12,14-15H2,1-5H3. The molecule has 1 aliphatic heterocycles. The van der Waals surface area contributed by atoms with Gasteiger partial charge in [-0.1, -0.05) is 18.2 Å². The summed E-state index contributed by atoms with van der Waals surface area (Å²) in [6, 6.07) is 10.9. The van der Waals surface area contributed by atoms with Gasteiger partial charge in [0, 0.05) is 24.2 Å². The van der Waals surface area contributed by atoms with Crippen LogP contribution >= 0.6 is 0 Å². The molecule has 0 aliphatic carbocycles. The number of nitrogens with zero attached hydrogens (tertiary/aromatic N) is 1. The van der Waals surface area contributed by atoms with E-state index in [0.29, 0.717) is 12.3 Å². The molecule has 3 rings (SSSR count). The molecule has 146 valence electrons. The molecule has 2 aromatic carbocycles. The summed E-state index contributed by atoms with van der Waals surface area (Å²) >= 11 is 0. The zero-order chi connectivity index (χ0) is 19.8. The molecular formula is C23H30FNO2. The fourth-order valence-corrected chi connectivity index (χ4v) is 3.54. The lowest BCUT2D eigenvalue weighted by molar-refractivity contribution is 0.108. The molecule has 0 fully saturated rings. The fraction of sp³-hybridized carbons (Fsp3) is 0.478. The second-order valence-corrected chi connectivity index (χ2v) is 9.06. The van der Waals surface area contributed by atoms with Crippen molar-refractivity contribution in [1.29, 1.82) is 0 Å². The number of rotatable bonds is 5. The molecule has 0 aromatic heterocycles. The van der Waals surface area contributed by atoms with Crippen molar-refractivity contribution in [2.45, 2.75) is 71.7 Å². The van der Waals surface area contributed by atoms with Crippen molar-refractivity contribution in [3.63, 3.8) is 0 Å². The van der Waals surface area contributed by atoms with Crippen molar-refractivity contribution in [2.75, 3.05) is 0 Å². The van der Waals surface area contributed by atoms with E-state index in [1.165, 1.54) is 0 Å². The van der Waals surface area contributed by atoms with Crippen LogP contribution in [0.3, 0.4) is 0 Å². The molecular weight excluding hydrogens is 341 g/mol. The van der Waals surface area contributed by atoms with Gasteiger partial charge in [0.2, 0.25) is 0 Å². The number of halogens is 1. The van der Waals surface area contributed by atoms with Crippen molar-refractivity contribution in [3.8, 4) is 11.5 Å². The summed E-state index contributed by atoms with van der Waals surface area (Å²) in [5.41, 5.74) is 2.63. The molecule has 2 aromatic rings. The van der Waals surface area contributed by atoms with Crippen LogP contribution < -0.4 is 4.74 Å². The van der Waals surface area contributed by atoms with Crippen molar-refractivity contribution in [3.05, 3.63) is 58.9 Å². The monoisotopic (exact) mass is 371 g/mol. The Morgan fingerprint density at radius 2 is 1.81 bits per heavy atom. The maximum Gasteiger partial charge on any atom is 0.161 e. The predicted octanol–water partition coefficient (Wildman–Crippen LogP) is 5.44. The Hall–Kier alpha value is -2.07. The number of phenolic OH excluding ortho intramolecular Hbond substituents is 1. The average molecular weight is 371 g/mol. The number of aryl methyl sites for hydroxylation is 1. The molecule has 3 nitrogen and oxygen atoms in total. The number of benzene rings is 2. The van der Waals surface area contributed by atoms with Crippen molar-refractivity contribution >= 4 is 0 Å². The first-order chi connectivity index (χ1) is 12.5. The van der Waals surface area contributed by atoms with Gasteiger partial charge in [0.15, 0.2) is 11.5 Å². The smallest absolute Gasteiger partial charge is 0.161 e. The topological polar surface area (TPSA) is 32.7 Å². The van der Waals surface area contributed by atoms with Crippen LogP contribution in [0.5, 0.6) is 11.5 Å². The fourth-order valence-electron chi connectivity index (χ4n) is 3.54. The summed E-state index contributed by atoms with van der Waals surface area (Å²) in [6.45, 7) is 11.8. The lowest BCUT2D eigenvalue weighted by Crippen LogP contribution is -2.40. The zero-order valence-electron chi connectivity index (χ0n) is 17.0. The van der Waals surface area contributed by atoms with Gasteiger partial charge in [-0.15, -0.1) is 0 Å². The van der Waals surface area contributed by atoms with Crippen molar-refractivity contribution in [2.24, 2.45) is 0 Å². The highest BCUT2D eigenvalue weighted by Gasteiger charge is 2.32. The van der Waals surface area contributed by atoms with Gasteiger partial charge < -0.3 is 9.84 Å². The van der Waals surface area contributed by atoms with Crippen LogP contribution in [0.2, 0.25) is 0 Å². The molecule has 0 spiro atoms. The molecule has 0 saturated carbocycles. The second-order valence-electron chi connectivity index (χ2n) is 9.06. The average Bonchev–Trinajstić information content (AvgIpc) is 3.01. The van der Waals surface area contributed by atoms with Gasteiger partial charge >= 0.3 is 0 Å². The first kappa shape index (κ1) is 19.7. The van der Waals surface area contributed by atoms with E-state index < -0.39 is 0 Å². The molecule has 1 heterocycles. The van der Waals surface area contributed by atoms with E-state index >= 15 is 0 Å². The molecule has 0 bridgehead atoms. The van der Waals surface area contributed by atoms with E-state index in [1.54, 1.807) is 18.2 Å². The SMILES string of the molecule is CC(C)(C)Oc1cc(CCC(C)(C)N2Cc3cccc(F)c3C2)ccc1O. The maximum atomic E-state index is 14.1. The minimum Gasteiger partial charge on any atom is -0.504 e. The summed E-state index contributed by atoms with van der Waals surface area (Å²) < 4.78 is 19.9. The van der Waals surface area contributed by atoms with Crippen molar-refractivity contribution < 1.29 is 14.2 Å². The molecule has 1 N–H and O–H groups in total. The molecule has 0 atom stereocenters. The molecule has 0 saturated heterocycles. The van der Waals surface area contributed by atoms with E-state index in [2.05, 4.69) is 18.7 Å². The number of ether oxygens (including phenoxy) is 1. The summed E-state index contributed by atoms with van der Waals surface area (Å²) in [7, 11) is 0. The Balaban J connectivity index is 1.68. The second kappa shape index (κ2) is 7.16. The minimum absolute atomic E-state index is 0.0611. The summed E-state index contributed by atoms with van der Waals surface area (Å²) in [5.74, 6) is 0.583. The van der Waals surface area contributed by atoms with Gasteiger partial charge in [-0.25, -0.2) is 4.39 Å². The number of hydrogen-bond acceptors (Lipinski definition) is 3. The van der Waals surface area contributed by atoms with Gasteiger partial charge in [0.25, 0.3) is 0 Å². The normalized spacial score (nSPS) is 15.0. The number of hydrogen-bond donors (Lipinski definition) is 1. The van der Waals surface area contributed by atoms with E-state index in [1.807, 2.05) is 39.0 Å². The van der Waals surface area contributed by atoms with Crippen LogP contribution in [0, 0.1) is 5.82 Å². The predicted molar refractivity (Wildman–Crippen MR) is 107 cm³/mol. The Morgan fingerprint density at radius 3 is 2.48 bits per heavy atom. The molecule has 0 unspecified atom stereocenters. The summed E-state index contributed by atoms with van der Waals surface area (Å²) in [4.78, 5) is 2.34. The van der Waals surface area contributed by atoms with Crippen molar-refractivity contribution in [1.82, 2.24) is 4.90 Å². The van der Waals surface area contributed by atoms with E-state index in [9.17, 15) is 9.50 Å². The third kappa shape index (κ3) is 4.62. The Kier molecular flexibility index (Phi) is 5.22. The lowest BCUT2D eigenvalue weighted by atomic mass is 9.93. The van der Waals surface area contributed by atoms with Crippen LogP contribution in [0.25, 0.3) is 0 Å². The minimum atomic E-state index is -0.360. The first-order valence-electron chi connectivity index (χ1n) is 9.57. The molecule has 0 radical (unpaired) electrons. The van der Waals surface area contributed by atoms with Gasteiger partial charge in [-0.2, -0.15) is 0 Å². The van der Waals surface area contributed by atoms with Gasteiger partial charge in [0.1, 0.15) is 11.4 Å². The lowest BCUT2D eigenvalue weighted by Gasteiger charge is -2.35. The quantitative estimate of drug-likeness (QED) is 0.760. The van der Waals surface area contributed by atoms with Gasteiger partial charge in [0.05, 0.1) is 0 Å². The van der Waals surface area contributed by atoms with E-state index in [0.717, 1.165) is 36.1 Å². The Morgan fingerprint density at radius 1 is 1.07 bits per heavy atom. The molecule has 0 amide bonds. The third-order valence-corrected chi connectivity index (χ3v) is 5.25. The first-order valence-corrected chi connectivity index (χ1v) is 9.57. The van der Waals surface area contributed by atoms with Crippen LogP contribution in [0.15, 0.2) is 36.4 Å². The van der Waals surface area contributed by atoms with Crippen LogP contribution in [-0.4, -0.2) is 21.1 Å². The van der Waals surface area contributed by atoms with Crippen LogP contribution in [0.1, 0.15) is 57.7 Å². The third-order valence-electron chi connectivity index (χ3n) is 5.25. The Bertz CT molecular complexity index is 824.